The quantitative estimate of drug-likeness (QED) is 0.578. The summed E-state index contributed by atoms with van der Waals surface area (Å²) in [6.45, 7) is 6.26. The number of sulfonamides is 1. The molecule has 0 radical (unpaired) electrons. The van der Waals surface area contributed by atoms with Gasteiger partial charge >= 0.3 is 0 Å². The maximum absolute atomic E-state index is 12.7. The van der Waals surface area contributed by atoms with Crippen molar-refractivity contribution in [2.75, 3.05) is 17.1 Å². The van der Waals surface area contributed by atoms with Crippen molar-refractivity contribution < 1.29 is 13.2 Å². The Kier molecular flexibility index (Phi) is 7.99. The summed E-state index contributed by atoms with van der Waals surface area (Å²) < 4.78 is 26.3. The number of anilines is 1. The Bertz CT molecular complexity index is 1060. The van der Waals surface area contributed by atoms with Crippen LogP contribution >= 0.6 is 0 Å². The molecule has 0 heterocycles. The summed E-state index contributed by atoms with van der Waals surface area (Å²) >= 11 is 0. The molecule has 174 valence electrons. The number of rotatable bonds is 9. The molecule has 0 aliphatic heterocycles. The first-order chi connectivity index (χ1) is 15.2. The van der Waals surface area contributed by atoms with E-state index in [2.05, 4.69) is 30.4 Å². The van der Waals surface area contributed by atoms with Gasteiger partial charge in [-0.2, -0.15) is 0 Å². The van der Waals surface area contributed by atoms with Gasteiger partial charge in [0, 0.05) is 13.0 Å². The Morgan fingerprint density at radius 2 is 1.81 bits per heavy atom. The molecule has 1 atom stereocenters. The van der Waals surface area contributed by atoms with Crippen LogP contribution in [0.4, 0.5) is 5.69 Å². The fraction of sp³-hybridized carbons (Fsp3) is 0.500. The molecule has 0 fully saturated rings. The Hall–Kier alpha value is -2.34. The summed E-state index contributed by atoms with van der Waals surface area (Å²) in [6, 6.07) is 12.3. The normalized spacial score (nSPS) is 14.5. The van der Waals surface area contributed by atoms with Crippen LogP contribution in [0, 0.1) is 13.8 Å². The summed E-state index contributed by atoms with van der Waals surface area (Å²) in [5.41, 5.74) is 6.70. The van der Waals surface area contributed by atoms with Gasteiger partial charge in [-0.3, -0.25) is 9.10 Å². The molecular weight excluding hydrogens is 420 g/mol. The molecule has 32 heavy (non-hydrogen) atoms. The van der Waals surface area contributed by atoms with Gasteiger partial charge < -0.3 is 5.32 Å². The minimum absolute atomic E-state index is 0.0141. The summed E-state index contributed by atoms with van der Waals surface area (Å²) in [5, 5.41) is 3.16. The van der Waals surface area contributed by atoms with E-state index < -0.39 is 10.0 Å². The Labute approximate surface area is 193 Å². The van der Waals surface area contributed by atoms with Crippen LogP contribution in [0.3, 0.4) is 0 Å². The van der Waals surface area contributed by atoms with Crippen molar-refractivity contribution in [2.45, 2.75) is 71.8 Å². The number of nitrogens with zero attached hydrogens (tertiary/aromatic N) is 1. The number of carbonyl (C=O) groups is 1. The maximum Gasteiger partial charge on any atom is 0.232 e. The van der Waals surface area contributed by atoms with Crippen LogP contribution in [0.1, 0.15) is 72.9 Å². The first-order valence-electron chi connectivity index (χ1n) is 11.7. The van der Waals surface area contributed by atoms with Crippen molar-refractivity contribution in [3.63, 3.8) is 0 Å². The monoisotopic (exact) mass is 456 g/mol. The molecule has 1 N–H and O–H groups in total. The third-order valence-electron chi connectivity index (χ3n) is 6.53. The molecule has 1 aliphatic rings. The van der Waals surface area contributed by atoms with Gasteiger partial charge in [0.25, 0.3) is 0 Å². The first-order valence-corrected chi connectivity index (χ1v) is 13.5. The predicted molar refractivity (Wildman–Crippen MR) is 132 cm³/mol. The highest BCUT2D eigenvalue weighted by molar-refractivity contribution is 7.92. The van der Waals surface area contributed by atoms with Gasteiger partial charge in [0.15, 0.2) is 0 Å². The Balaban J connectivity index is 1.62. The number of nitrogens with one attached hydrogen (secondary N) is 1. The summed E-state index contributed by atoms with van der Waals surface area (Å²) in [5.74, 6) is -0.0380. The molecule has 0 saturated carbocycles. The maximum atomic E-state index is 12.7. The highest BCUT2D eigenvalue weighted by Gasteiger charge is 2.21. The Morgan fingerprint density at radius 3 is 2.50 bits per heavy atom. The zero-order valence-corrected chi connectivity index (χ0v) is 20.6. The van der Waals surface area contributed by atoms with Crippen LogP contribution in [0.5, 0.6) is 0 Å². The van der Waals surface area contributed by atoms with Gasteiger partial charge in [0.05, 0.1) is 18.0 Å². The minimum atomic E-state index is -3.43. The van der Waals surface area contributed by atoms with Crippen molar-refractivity contribution in [1.29, 1.82) is 0 Å². The number of hydrogen-bond acceptors (Lipinski definition) is 3. The molecule has 0 unspecified atom stereocenters. The van der Waals surface area contributed by atoms with Crippen LogP contribution in [0.25, 0.3) is 0 Å². The van der Waals surface area contributed by atoms with Crippen molar-refractivity contribution in [3.05, 3.63) is 64.2 Å². The van der Waals surface area contributed by atoms with E-state index in [1.54, 1.807) is 0 Å². The van der Waals surface area contributed by atoms with Crippen LogP contribution in [-0.2, 0) is 27.7 Å². The van der Waals surface area contributed by atoms with Crippen molar-refractivity contribution in [1.82, 2.24) is 5.32 Å². The van der Waals surface area contributed by atoms with E-state index >= 15 is 0 Å². The second-order valence-electron chi connectivity index (χ2n) is 8.92. The zero-order valence-electron chi connectivity index (χ0n) is 19.8. The lowest BCUT2D eigenvalue weighted by Gasteiger charge is -2.25. The van der Waals surface area contributed by atoms with Crippen molar-refractivity contribution in [2.24, 2.45) is 0 Å². The molecule has 3 rings (SSSR count). The number of amides is 1. The van der Waals surface area contributed by atoms with E-state index in [-0.39, 0.29) is 18.5 Å². The number of fused-ring (bicyclic) bond motifs is 1. The standard InChI is InChI=1S/C26H36N2O3S/c1-5-24(23-16-15-21-11-6-7-12-22(21)18-23)27-26(29)14-9-17-28(32(4,30)31)25-13-8-10-19(2)20(25)3/h8,10,13,15-16,18,24H,5-7,9,11-12,14,17H2,1-4H3,(H,27,29)/t24-/m0/s1. The lowest BCUT2D eigenvalue weighted by atomic mass is 9.89. The molecule has 1 amide bonds. The molecule has 5 nitrogen and oxygen atoms in total. The van der Waals surface area contributed by atoms with Crippen molar-refractivity contribution >= 4 is 21.6 Å². The summed E-state index contributed by atoms with van der Waals surface area (Å²) in [7, 11) is -3.43. The molecule has 0 bridgehead atoms. The van der Waals surface area contributed by atoms with Crippen LogP contribution < -0.4 is 9.62 Å². The fourth-order valence-corrected chi connectivity index (χ4v) is 5.53. The molecule has 1 aliphatic carbocycles. The number of hydrogen-bond donors (Lipinski definition) is 1. The molecular formula is C26H36N2O3S. The van der Waals surface area contributed by atoms with Gasteiger partial charge in [-0.05, 0) is 86.3 Å². The highest BCUT2D eigenvalue weighted by atomic mass is 32.2. The van der Waals surface area contributed by atoms with E-state index in [0.717, 1.165) is 36.0 Å². The summed E-state index contributed by atoms with van der Waals surface area (Å²) in [4.78, 5) is 12.7. The second-order valence-corrected chi connectivity index (χ2v) is 10.8. The van der Waals surface area contributed by atoms with Gasteiger partial charge in [-0.1, -0.05) is 37.3 Å². The third-order valence-corrected chi connectivity index (χ3v) is 7.71. The number of aryl methyl sites for hydroxylation is 3. The zero-order chi connectivity index (χ0) is 23.3. The van der Waals surface area contributed by atoms with E-state index in [1.165, 1.54) is 34.5 Å². The van der Waals surface area contributed by atoms with Crippen LogP contribution in [0.2, 0.25) is 0 Å². The lowest BCUT2D eigenvalue weighted by molar-refractivity contribution is -0.121. The molecule has 6 heteroatoms. The SMILES string of the molecule is CC[C@H](NC(=O)CCCN(c1cccc(C)c1C)S(C)(=O)=O)c1ccc2c(c1)CCCC2. The second kappa shape index (κ2) is 10.5. The largest absolute Gasteiger partial charge is 0.349 e. The number of carbonyl (C=O) groups excluding carboxylic acids is 1. The van der Waals surface area contributed by atoms with E-state index in [4.69, 9.17) is 0 Å². The third kappa shape index (κ3) is 5.91. The molecule has 0 saturated heterocycles. The van der Waals surface area contributed by atoms with Crippen LogP contribution in [-0.4, -0.2) is 27.1 Å². The highest BCUT2D eigenvalue weighted by Crippen LogP contribution is 2.27. The average Bonchev–Trinajstić information content (AvgIpc) is 2.76. The van der Waals surface area contributed by atoms with Gasteiger partial charge in [0.2, 0.25) is 15.9 Å². The van der Waals surface area contributed by atoms with Gasteiger partial charge in [-0.25, -0.2) is 8.42 Å². The van der Waals surface area contributed by atoms with Gasteiger partial charge in [-0.15, -0.1) is 0 Å². The van der Waals surface area contributed by atoms with E-state index in [9.17, 15) is 13.2 Å². The topological polar surface area (TPSA) is 66.5 Å². The predicted octanol–water partition coefficient (Wildman–Crippen LogP) is 5.00. The van der Waals surface area contributed by atoms with Gasteiger partial charge in [0.1, 0.15) is 0 Å². The fourth-order valence-electron chi connectivity index (χ4n) is 4.51. The molecule has 0 spiro atoms. The summed E-state index contributed by atoms with van der Waals surface area (Å²) in [6.07, 6.45) is 7.55. The average molecular weight is 457 g/mol. The lowest BCUT2D eigenvalue weighted by Crippen LogP contribution is -2.33. The number of benzene rings is 2. The molecule has 0 aromatic heterocycles. The first kappa shape index (κ1) is 24.3. The Morgan fingerprint density at radius 1 is 1.09 bits per heavy atom. The van der Waals surface area contributed by atoms with E-state index in [1.807, 2.05) is 32.0 Å². The van der Waals surface area contributed by atoms with Crippen LogP contribution in [0.15, 0.2) is 36.4 Å². The van der Waals surface area contributed by atoms with E-state index in [0.29, 0.717) is 18.5 Å². The molecule has 2 aromatic carbocycles. The molecule has 2 aromatic rings. The smallest absolute Gasteiger partial charge is 0.232 e. The van der Waals surface area contributed by atoms with Crippen molar-refractivity contribution in [3.8, 4) is 0 Å². The minimum Gasteiger partial charge on any atom is -0.349 e.